The van der Waals surface area contributed by atoms with E-state index in [2.05, 4.69) is 29.4 Å². The van der Waals surface area contributed by atoms with Crippen LogP contribution in [0.1, 0.15) is 46.0 Å². The molecule has 0 aromatic heterocycles. The summed E-state index contributed by atoms with van der Waals surface area (Å²) < 4.78 is 0. The summed E-state index contributed by atoms with van der Waals surface area (Å²) in [6.45, 7) is 8.85. The van der Waals surface area contributed by atoms with Gasteiger partial charge in [-0.25, -0.2) is 4.79 Å². The predicted molar refractivity (Wildman–Crippen MR) is 88.8 cm³/mol. The zero-order valence-electron chi connectivity index (χ0n) is 14.2. The summed E-state index contributed by atoms with van der Waals surface area (Å²) in [5.41, 5.74) is 0. The molecule has 1 aliphatic carbocycles. The van der Waals surface area contributed by atoms with Crippen LogP contribution in [-0.2, 0) is 0 Å². The largest absolute Gasteiger partial charge is 0.396 e. The van der Waals surface area contributed by atoms with Crippen molar-refractivity contribution in [1.29, 1.82) is 0 Å². The van der Waals surface area contributed by atoms with E-state index in [9.17, 15) is 9.90 Å². The molecule has 1 saturated heterocycles. The van der Waals surface area contributed by atoms with Crippen molar-refractivity contribution in [1.82, 2.24) is 15.5 Å². The second-order valence-corrected chi connectivity index (χ2v) is 7.50. The summed E-state index contributed by atoms with van der Waals surface area (Å²) in [7, 11) is 0. The van der Waals surface area contributed by atoms with Crippen molar-refractivity contribution in [2.45, 2.75) is 52.0 Å². The number of aliphatic hydroxyl groups excluding tert-OH is 1. The minimum absolute atomic E-state index is 0.0624. The minimum atomic E-state index is -0.0624. The van der Waals surface area contributed by atoms with Crippen molar-refractivity contribution >= 4 is 6.03 Å². The molecule has 2 aliphatic rings. The Morgan fingerprint density at radius 3 is 2.77 bits per heavy atom. The van der Waals surface area contributed by atoms with Crippen LogP contribution in [-0.4, -0.2) is 54.9 Å². The highest BCUT2D eigenvalue weighted by Gasteiger charge is 2.27. The molecule has 3 atom stereocenters. The molecule has 1 aliphatic heterocycles. The normalized spacial score (nSPS) is 29.7. The molecule has 22 heavy (non-hydrogen) atoms. The van der Waals surface area contributed by atoms with Crippen molar-refractivity contribution < 1.29 is 9.90 Å². The van der Waals surface area contributed by atoms with Gasteiger partial charge in [-0.1, -0.05) is 26.7 Å². The molecule has 5 heteroatoms. The van der Waals surface area contributed by atoms with Crippen molar-refractivity contribution in [3.8, 4) is 0 Å². The van der Waals surface area contributed by atoms with E-state index < -0.39 is 0 Å². The number of rotatable bonds is 6. The molecule has 128 valence electrons. The summed E-state index contributed by atoms with van der Waals surface area (Å²) in [6, 6.07) is 0.0763. The Morgan fingerprint density at radius 1 is 1.27 bits per heavy atom. The summed E-state index contributed by atoms with van der Waals surface area (Å²) in [5.74, 6) is 1.51. The van der Waals surface area contributed by atoms with E-state index in [1.54, 1.807) is 0 Å². The van der Waals surface area contributed by atoms with Crippen molar-refractivity contribution in [3.05, 3.63) is 0 Å². The zero-order chi connectivity index (χ0) is 15.9. The molecule has 0 spiro atoms. The van der Waals surface area contributed by atoms with E-state index in [1.807, 2.05) is 0 Å². The number of nitrogens with one attached hydrogen (secondary N) is 2. The Hall–Kier alpha value is -0.810. The van der Waals surface area contributed by atoms with Crippen molar-refractivity contribution in [3.63, 3.8) is 0 Å². The Kier molecular flexibility index (Phi) is 6.96. The SMILES string of the molecule is CC(C)CN1CCC(CNC(=O)NC2CCCCC2CO)C1. The van der Waals surface area contributed by atoms with Gasteiger partial charge in [0.1, 0.15) is 0 Å². The third-order valence-electron chi connectivity index (χ3n) is 5.00. The summed E-state index contributed by atoms with van der Waals surface area (Å²) in [4.78, 5) is 14.6. The third-order valence-corrected chi connectivity index (χ3v) is 5.00. The predicted octanol–water partition coefficient (Wildman–Crippen LogP) is 1.81. The lowest BCUT2D eigenvalue weighted by Gasteiger charge is -2.31. The maximum atomic E-state index is 12.1. The molecule has 1 heterocycles. The van der Waals surface area contributed by atoms with Gasteiger partial charge >= 0.3 is 6.03 Å². The number of carbonyl (C=O) groups excluding carboxylic acids is 1. The third kappa shape index (κ3) is 5.43. The van der Waals surface area contributed by atoms with Crippen LogP contribution in [0.3, 0.4) is 0 Å². The van der Waals surface area contributed by atoms with E-state index in [4.69, 9.17) is 0 Å². The average Bonchev–Trinajstić information content (AvgIpc) is 2.92. The highest BCUT2D eigenvalue weighted by Crippen LogP contribution is 2.23. The lowest BCUT2D eigenvalue weighted by molar-refractivity contribution is 0.153. The Morgan fingerprint density at radius 2 is 2.05 bits per heavy atom. The van der Waals surface area contributed by atoms with E-state index in [0.29, 0.717) is 11.8 Å². The number of amides is 2. The molecule has 1 saturated carbocycles. The van der Waals surface area contributed by atoms with Gasteiger partial charge in [0.2, 0.25) is 0 Å². The molecular weight excluding hydrogens is 278 g/mol. The highest BCUT2D eigenvalue weighted by atomic mass is 16.3. The molecule has 2 amide bonds. The smallest absolute Gasteiger partial charge is 0.315 e. The fraction of sp³-hybridized carbons (Fsp3) is 0.941. The summed E-state index contributed by atoms with van der Waals surface area (Å²) >= 11 is 0. The Labute approximate surface area is 134 Å². The highest BCUT2D eigenvalue weighted by molar-refractivity contribution is 5.74. The standard InChI is InChI=1S/C17H33N3O2/c1-13(2)10-20-8-7-14(11-20)9-18-17(22)19-16-6-4-3-5-15(16)12-21/h13-16,21H,3-12H2,1-2H3,(H2,18,19,22). The molecular formula is C17H33N3O2. The first-order chi connectivity index (χ1) is 10.6. The molecule has 5 nitrogen and oxygen atoms in total. The van der Waals surface area contributed by atoms with Gasteiger partial charge in [0.05, 0.1) is 0 Å². The van der Waals surface area contributed by atoms with Crippen LogP contribution in [0.2, 0.25) is 0 Å². The second kappa shape index (κ2) is 8.73. The van der Waals surface area contributed by atoms with Gasteiger partial charge in [-0.2, -0.15) is 0 Å². The average molecular weight is 311 g/mol. The molecule has 0 bridgehead atoms. The zero-order valence-corrected chi connectivity index (χ0v) is 14.2. The molecule has 2 fully saturated rings. The number of aliphatic hydroxyl groups is 1. The van der Waals surface area contributed by atoms with Crippen molar-refractivity contribution in [2.75, 3.05) is 32.8 Å². The minimum Gasteiger partial charge on any atom is -0.396 e. The molecule has 0 aromatic rings. The van der Waals surface area contributed by atoms with Gasteiger partial charge in [0.15, 0.2) is 0 Å². The van der Waals surface area contributed by atoms with Crippen LogP contribution < -0.4 is 10.6 Å². The van der Waals surface area contributed by atoms with Gasteiger partial charge in [0, 0.05) is 38.2 Å². The summed E-state index contributed by atoms with van der Waals surface area (Å²) in [5, 5.41) is 15.5. The van der Waals surface area contributed by atoms with Crippen molar-refractivity contribution in [2.24, 2.45) is 17.8 Å². The van der Waals surface area contributed by atoms with Crippen LogP contribution in [0.4, 0.5) is 4.79 Å². The maximum Gasteiger partial charge on any atom is 0.315 e. The number of urea groups is 1. The topological polar surface area (TPSA) is 64.6 Å². The van der Waals surface area contributed by atoms with Crippen LogP contribution in [0.15, 0.2) is 0 Å². The van der Waals surface area contributed by atoms with Gasteiger partial charge < -0.3 is 20.6 Å². The Bertz CT molecular complexity index is 349. The summed E-state index contributed by atoms with van der Waals surface area (Å²) in [6.07, 6.45) is 5.50. The van der Waals surface area contributed by atoms with E-state index >= 15 is 0 Å². The quantitative estimate of drug-likeness (QED) is 0.701. The number of carbonyl (C=O) groups is 1. The van der Waals surface area contributed by atoms with Crippen LogP contribution in [0, 0.1) is 17.8 Å². The number of likely N-dealkylation sites (tertiary alicyclic amines) is 1. The molecule has 0 radical (unpaired) electrons. The monoisotopic (exact) mass is 311 g/mol. The molecule has 2 rings (SSSR count). The number of hydrogen-bond acceptors (Lipinski definition) is 3. The van der Waals surface area contributed by atoms with E-state index in [-0.39, 0.29) is 24.6 Å². The van der Waals surface area contributed by atoms with Gasteiger partial charge in [0.25, 0.3) is 0 Å². The van der Waals surface area contributed by atoms with Gasteiger partial charge in [-0.15, -0.1) is 0 Å². The molecule has 3 N–H and O–H groups in total. The van der Waals surface area contributed by atoms with Crippen LogP contribution in [0.5, 0.6) is 0 Å². The second-order valence-electron chi connectivity index (χ2n) is 7.50. The molecule has 3 unspecified atom stereocenters. The van der Waals surface area contributed by atoms with E-state index in [1.165, 1.54) is 12.8 Å². The lowest BCUT2D eigenvalue weighted by Crippen LogP contribution is -2.48. The Balaban J connectivity index is 1.65. The lowest BCUT2D eigenvalue weighted by atomic mass is 9.85. The van der Waals surface area contributed by atoms with Gasteiger partial charge in [-0.05, 0) is 37.6 Å². The maximum absolute atomic E-state index is 12.1. The number of nitrogens with zero attached hydrogens (tertiary/aromatic N) is 1. The van der Waals surface area contributed by atoms with E-state index in [0.717, 1.165) is 45.4 Å². The fourth-order valence-corrected chi connectivity index (χ4v) is 3.83. The first kappa shape index (κ1) is 17.5. The first-order valence-electron chi connectivity index (χ1n) is 8.96. The van der Waals surface area contributed by atoms with Crippen LogP contribution >= 0.6 is 0 Å². The van der Waals surface area contributed by atoms with Crippen LogP contribution in [0.25, 0.3) is 0 Å². The molecule has 0 aromatic carbocycles. The number of hydrogen-bond donors (Lipinski definition) is 3. The first-order valence-corrected chi connectivity index (χ1v) is 8.96. The fourth-order valence-electron chi connectivity index (χ4n) is 3.83. The van der Waals surface area contributed by atoms with Gasteiger partial charge in [-0.3, -0.25) is 0 Å².